The number of ether oxygens (including phenoxy) is 1. The minimum atomic E-state index is -3.73. The first-order valence-corrected chi connectivity index (χ1v) is 12.8. The van der Waals surface area contributed by atoms with Gasteiger partial charge in [0.15, 0.2) is 6.10 Å². The van der Waals surface area contributed by atoms with E-state index in [1.54, 1.807) is 18.3 Å². The first-order chi connectivity index (χ1) is 16.7. The smallest absolute Gasteiger partial charge is 0.259 e. The summed E-state index contributed by atoms with van der Waals surface area (Å²) in [5.74, 6) is -0.792. The lowest BCUT2D eigenvalue weighted by atomic mass is 9.92. The molecule has 1 unspecified atom stereocenters. The number of primary amides is 1. The summed E-state index contributed by atoms with van der Waals surface area (Å²) >= 11 is 0. The number of carbonyl (C=O) groups is 1. The van der Waals surface area contributed by atoms with Gasteiger partial charge in [0.2, 0.25) is 10.0 Å². The van der Waals surface area contributed by atoms with Gasteiger partial charge in [-0.2, -0.15) is 0 Å². The van der Waals surface area contributed by atoms with Gasteiger partial charge in [-0.1, -0.05) is 30.3 Å². The molecule has 2 heterocycles. The molecule has 1 fully saturated rings. The number of sulfonamides is 1. The van der Waals surface area contributed by atoms with Gasteiger partial charge in [0.1, 0.15) is 11.3 Å². The van der Waals surface area contributed by atoms with Crippen LogP contribution in [0, 0.1) is 0 Å². The molecule has 3 aromatic rings. The van der Waals surface area contributed by atoms with Crippen LogP contribution in [-0.4, -0.2) is 79.6 Å². The molecule has 1 amide bonds. The van der Waals surface area contributed by atoms with Gasteiger partial charge in [-0.25, -0.2) is 12.7 Å². The summed E-state index contributed by atoms with van der Waals surface area (Å²) in [6.07, 6.45) is 0.760. The van der Waals surface area contributed by atoms with Gasteiger partial charge in [-0.3, -0.25) is 14.7 Å². The maximum atomic E-state index is 12.9. The molecule has 1 aliphatic rings. The molecule has 35 heavy (non-hydrogen) atoms. The number of amides is 1. The van der Waals surface area contributed by atoms with E-state index in [0.29, 0.717) is 37.0 Å². The third kappa shape index (κ3) is 5.30. The van der Waals surface area contributed by atoms with Crippen LogP contribution in [0.2, 0.25) is 0 Å². The van der Waals surface area contributed by atoms with E-state index in [4.69, 9.17) is 10.5 Å². The van der Waals surface area contributed by atoms with Crippen LogP contribution in [0.1, 0.15) is 17.9 Å². The van der Waals surface area contributed by atoms with Crippen LogP contribution < -0.4 is 10.5 Å². The average molecular weight is 499 g/mol. The van der Waals surface area contributed by atoms with Crippen molar-refractivity contribution in [3.05, 3.63) is 66.4 Å². The number of rotatable bonds is 9. The zero-order chi connectivity index (χ0) is 25.2. The summed E-state index contributed by atoms with van der Waals surface area (Å²) in [6.45, 7) is 1.68. The fraction of sp³-hybridized carbons (Fsp3) is 0.360. The van der Waals surface area contributed by atoms with Crippen LogP contribution >= 0.6 is 0 Å². The van der Waals surface area contributed by atoms with Crippen LogP contribution in [0.5, 0.6) is 5.75 Å². The van der Waals surface area contributed by atoms with Crippen LogP contribution in [0.3, 0.4) is 0 Å². The Kier molecular flexibility index (Phi) is 7.36. The number of benzene rings is 2. The number of nitrogens with two attached hydrogens (primary N) is 1. The maximum absolute atomic E-state index is 12.9. The van der Waals surface area contributed by atoms with Crippen molar-refractivity contribution >= 4 is 26.8 Å². The highest BCUT2D eigenvalue weighted by atomic mass is 32.2. The van der Waals surface area contributed by atoms with E-state index >= 15 is 0 Å². The van der Waals surface area contributed by atoms with Crippen molar-refractivity contribution in [3.63, 3.8) is 0 Å². The van der Waals surface area contributed by atoms with Crippen molar-refractivity contribution in [2.45, 2.75) is 29.4 Å². The van der Waals surface area contributed by atoms with Crippen LogP contribution in [0.15, 0.2) is 65.7 Å². The molecule has 0 saturated carbocycles. The minimum Gasteiger partial charge on any atom is -0.478 e. The number of fused-ring (bicyclic) bond motifs is 1. The highest BCUT2D eigenvalue weighted by Crippen LogP contribution is 2.33. The number of pyridine rings is 1. The summed E-state index contributed by atoms with van der Waals surface area (Å²) in [7, 11) is -0.803. The highest BCUT2D eigenvalue weighted by Gasteiger charge is 2.34. The molecule has 0 radical (unpaired) electrons. The molecule has 1 aromatic heterocycles. The second-order valence-corrected chi connectivity index (χ2v) is 11.0. The summed E-state index contributed by atoms with van der Waals surface area (Å²) in [4.78, 5) is 19.3. The second-order valence-electron chi connectivity index (χ2n) is 8.91. The lowest BCUT2D eigenvalue weighted by Crippen LogP contribution is -2.43. The van der Waals surface area contributed by atoms with Crippen LogP contribution in [0.4, 0.5) is 0 Å². The van der Waals surface area contributed by atoms with E-state index in [2.05, 4.69) is 9.88 Å². The Labute approximate surface area is 205 Å². The SMILES string of the molecule is CN(C)S(=O)(=O)c1ccc(OC(C(N)=O)[C@H](CN2CC[C@H](O)C2)c2ccccc2)c2ncccc12. The van der Waals surface area contributed by atoms with Gasteiger partial charge in [0.05, 0.1) is 11.0 Å². The van der Waals surface area contributed by atoms with Gasteiger partial charge in [0, 0.05) is 51.2 Å². The second kappa shape index (κ2) is 10.3. The lowest BCUT2D eigenvalue weighted by Gasteiger charge is -2.30. The third-order valence-electron chi connectivity index (χ3n) is 6.28. The maximum Gasteiger partial charge on any atom is 0.259 e. The number of β-amino-alcohol motifs (C(OH)–C–C–N with tert-alkyl or cyclic N) is 1. The molecule has 3 N–H and O–H groups in total. The Bertz CT molecular complexity index is 1300. The number of hydrogen-bond acceptors (Lipinski definition) is 7. The number of likely N-dealkylation sites (tertiary alicyclic amines) is 1. The van der Waals surface area contributed by atoms with E-state index in [1.165, 1.54) is 26.2 Å². The van der Waals surface area contributed by atoms with E-state index in [9.17, 15) is 18.3 Å². The van der Waals surface area contributed by atoms with E-state index in [0.717, 1.165) is 9.87 Å². The van der Waals surface area contributed by atoms with Gasteiger partial charge in [0.25, 0.3) is 5.91 Å². The average Bonchev–Trinajstić information content (AvgIpc) is 3.26. The van der Waals surface area contributed by atoms with E-state index in [-0.39, 0.29) is 10.6 Å². The van der Waals surface area contributed by atoms with Crippen molar-refractivity contribution < 1.29 is 23.1 Å². The van der Waals surface area contributed by atoms with E-state index < -0.39 is 34.1 Å². The van der Waals surface area contributed by atoms with Gasteiger partial charge in [-0.05, 0) is 36.2 Å². The van der Waals surface area contributed by atoms with Crippen molar-refractivity contribution in [2.75, 3.05) is 33.7 Å². The lowest BCUT2D eigenvalue weighted by molar-refractivity contribution is -0.125. The molecular formula is C25H30N4O5S. The number of aliphatic hydroxyl groups is 1. The molecule has 0 spiro atoms. The molecular weight excluding hydrogens is 468 g/mol. The Morgan fingerprint density at radius 2 is 1.94 bits per heavy atom. The van der Waals surface area contributed by atoms with Gasteiger partial charge >= 0.3 is 0 Å². The van der Waals surface area contributed by atoms with Crippen molar-refractivity contribution in [1.82, 2.24) is 14.2 Å². The molecule has 0 bridgehead atoms. The molecule has 9 nitrogen and oxygen atoms in total. The third-order valence-corrected chi connectivity index (χ3v) is 8.15. The van der Waals surface area contributed by atoms with Crippen LogP contribution in [-0.2, 0) is 14.8 Å². The molecule has 3 atom stereocenters. The normalized spacial score (nSPS) is 18.6. The first-order valence-electron chi connectivity index (χ1n) is 11.4. The number of aliphatic hydroxyl groups excluding tert-OH is 1. The Balaban J connectivity index is 1.75. The molecule has 2 aromatic carbocycles. The molecule has 1 aliphatic heterocycles. The first kappa shape index (κ1) is 25.1. The standard InChI is InChI=1S/C25H30N4O5S/c1-28(2)35(32,33)22-11-10-21(23-19(22)9-6-13-27-23)34-24(25(26)31)20(17-7-4-3-5-8-17)16-29-14-12-18(30)15-29/h3-11,13,18,20,24,30H,12,14-16H2,1-2H3,(H2,26,31)/t18-,20+,24?/m0/s1. The predicted molar refractivity (Wildman–Crippen MR) is 132 cm³/mol. The summed E-state index contributed by atoms with van der Waals surface area (Å²) < 4.78 is 33.1. The Morgan fingerprint density at radius 3 is 2.57 bits per heavy atom. The number of carbonyl (C=O) groups excluding carboxylic acids is 1. The Morgan fingerprint density at radius 1 is 1.20 bits per heavy atom. The van der Waals surface area contributed by atoms with Crippen molar-refractivity contribution in [2.24, 2.45) is 5.73 Å². The van der Waals surface area contributed by atoms with Gasteiger partial charge in [-0.15, -0.1) is 0 Å². The topological polar surface area (TPSA) is 126 Å². The monoisotopic (exact) mass is 498 g/mol. The molecule has 10 heteroatoms. The Hall–Kier alpha value is -3.05. The number of aromatic nitrogens is 1. The largest absolute Gasteiger partial charge is 0.478 e. The summed E-state index contributed by atoms with van der Waals surface area (Å²) in [5.41, 5.74) is 7.05. The van der Waals surface area contributed by atoms with Gasteiger partial charge < -0.3 is 15.6 Å². The number of nitrogens with zero attached hydrogens (tertiary/aromatic N) is 3. The summed E-state index contributed by atoms with van der Waals surface area (Å²) in [5, 5.41) is 10.4. The fourth-order valence-corrected chi connectivity index (χ4v) is 5.52. The zero-order valence-electron chi connectivity index (χ0n) is 19.7. The fourth-order valence-electron chi connectivity index (χ4n) is 4.44. The van der Waals surface area contributed by atoms with Crippen molar-refractivity contribution in [3.8, 4) is 5.75 Å². The minimum absolute atomic E-state index is 0.0965. The molecule has 1 saturated heterocycles. The quantitative estimate of drug-likeness (QED) is 0.459. The molecule has 186 valence electrons. The van der Waals surface area contributed by atoms with Crippen molar-refractivity contribution in [1.29, 1.82) is 0 Å². The predicted octanol–water partition coefficient (Wildman–Crippen LogP) is 1.57. The molecule has 0 aliphatic carbocycles. The van der Waals surface area contributed by atoms with Crippen LogP contribution in [0.25, 0.3) is 10.9 Å². The number of hydrogen-bond donors (Lipinski definition) is 2. The summed E-state index contributed by atoms with van der Waals surface area (Å²) in [6, 6.07) is 15.8. The molecule has 4 rings (SSSR count). The van der Waals surface area contributed by atoms with E-state index in [1.807, 2.05) is 30.3 Å². The highest BCUT2D eigenvalue weighted by molar-refractivity contribution is 7.89. The zero-order valence-corrected chi connectivity index (χ0v) is 20.6.